The molecule has 6 nitrogen and oxygen atoms in total. The molecule has 7 heteroatoms. The summed E-state index contributed by atoms with van der Waals surface area (Å²) in [5.41, 5.74) is 2.90. The van der Waals surface area contributed by atoms with Gasteiger partial charge in [-0.1, -0.05) is 20.8 Å². The number of rotatable bonds is 5. The Kier molecular flexibility index (Phi) is 5.84. The Morgan fingerprint density at radius 1 is 1.23 bits per heavy atom. The van der Waals surface area contributed by atoms with Gasteiger partial charge in [0, 0.05) is 60.5 Å². The molecule has 0 spiro atoms. The van der Waals surface area contributed by atoms with E-state index in [0.717, 1.165) is 60.7 Å². The summed E-state index contributed by atoms with van der Waals surface area (Å²) in [6, 6.07) is 5.71. The number of ether oxygens (including phenoxy) is 1. The van der Waals surface area contributed by atoms with E-state index < -0.39 is 0 Å². The van der Waals surface area contributed by atoms with Crippen LogP contribution < -0.4 is 4.74 Å². The van der Waals surface area contributed by atoms with Crippen molar-refractivity contribution in [3.05, 3.63) is 46.1 Å². The van der Waals surface area contributed by atoms with E-state index in [-0.39, 0.29) is 11.3 Å². The van der Waals surface area contributed by atoms with E-state index in [2.05, 4.69) is 31.1 Å². The van der Waals surface area contributed by atoms with Gasteiger partial charge in [0.15, 0.2) is 0 Å². The predicted molar refractivity (Wildman–Crippen MR) is 119 cm³/mol. The highest BCUT2D eigenvalue weighted by molar-refractivity contribution is 7.09. The molecule has 3 heterocycles. The molecule has 160 valence electrons. The van der Waals surface area contributed by atoms with Crippen LogP contribution in [0, 0.1) is 0 Å². The minimum atomic E-state index is 0.0937. The van der Waals surface area contributed by atoms with E-state index in [4.69, 9.17) is 14.1 Å². The minimum Gasteiger partial charge on any atom is -0.497 e. The summed E-state index contributed by atoms with van der Waals surface area (Å²) in [5, 5.41) is 4.31. The minimum absolute atomic E-state index is 0.0937. The van der Waals surface area contributed by atoms with Crippen molar-refractivity contribution in [2.75, 3.05) is 33.3 Å². The van der Waals surface area contributed by atoms with Crippen molar-refractivity contribution < 1.29 is 13.9 Å². The van der Waals surface area contributed by atoms with Crippen LogP contribution >= 0.6 is 11.3 Å². The second-order valence-electron chi connectivity index (χ2n) is 8.85. The van der Waals surface area contributed by atoms with Crippen LogP contribution in [0.5, 0.6) is 5.75 Å². The number of furan rings is 1. The Balaban J connectivity index is 1.32. The summed E-state index contributed by atoms with van der Waals surface area (Å²) in [5.74, 6) is 0.900. The number of hydrogen-bond donors (Lipinski definition) is 0. The largest absolute Gasteiger partial charge is 0.497 e. The fraction of sp³-hybridized carbons (Fsp3) is 0.478. The molecule has 0 saturated carbocycles. The fourth-order valence-electron chi connectivity index (χ4n) is 3.71. The van der Waals surface area contributed by atoms with Crippen molar-refractivity contribution >= 4 is 28.2 Å². The third kappa shape index (κ3) is 4.52. The summed E-state index contributed by atoms with van der Waals surface area (Å²) in [6.45, 7) is 10.7. The molecule has 1 aromatic carbocycles. The zero-order valence-corrected chi connectivity index (χ0v) is 18.9. The van der Waals surface area contributed by atoms with E-state index in [9.17, 15) is 4.79 Å². The van der Waals surface area contributed by atoms with Gasteiger partial charge in [0.25, 0.3) is 0 Å². The average molecular weight is 428 g/mol. The molecule has 0 N–H and O–H groups in total. The molecule has 0 atom stereocenters. The smallest absolute Gasteiger partial charge is 0.227 e. The zero-order valence-electron chi connectivity index (χ0n) is 18.1. The molecular weight excluding hydrogens is 398 g/mol. The van der Waals surface area contributed by atoms with Gasteiger partial charge in [-0.05, 0) is 12.1 Å². The number of nitrogens with zero attached hydrogens (tertiary/aromatic N) is 3. The Morgan fingerprint density at radius 2 is 2.00 bits per heavy atom. The Bertz CT molecular complexity index is 1030. The van der Waals surface area contributed by atoms with Crippen LogP contribution in [0.15, 0.2) is 34.3 Å². The summed E-state index contributed by atoms with van der Waals surface area (Å²) < 4.78 is 10.9. The summed E-state index contributed by atoms with van der Waals surface area (Å²) in [4.78, 5) is 22.0. The maximum atomic E-state index is 12.8. The number of benzene rings is 1. The number of thiazole rings is 1. The lowest BCUT2D eigenvalue weighted by molar-refractivity contribution is -0.132. The van der Waals surface area contributed by atoms with Gasteiger partial charge in [0.2, 0.25) is 5.91 Å². The first-order valence-electron chi connectivity index (χ1n) is 10.3. The zero-order chi connectivity index (χ0) is 21.3. The lowest BCUT2D eigenvalue weighted by Crippen LogP contribution is -2.48. The average Bonchev–Trinajstić information content (AvgIpc) is 3.35. The highest BCUT2D eigenvalue weighted by Crippen LogP contribution is 2.27. The first-order chi connectivity index (χ1) is 14.3. The van der Waals surface area contributed by atoms with Crippen molar-refractivity contribution in [1.82, 2.24) is 14.8 Å². The second kappa shape index (κ2) is 8.40. The molecule has 2 aromatic heterocycles. The Labute approximate surface area is 181 Å². The maximum Gasteiger partial charge on any atom is 0.227 e. The topological polar surface area (TPSA) is 58.8 Å². The number of fused-ring (bicyclic) bond motifs is 1. The number of carbonyl (C=O) groups is 1. The van der Waals surface area contributed by atoms with Gasteiger partial charge < -0.3 is 14.1 Å². The fourth-order valence-corrected chi connectivity index (χ4v) is 4.61. The number of amides is 1. The Morgan fingerprint density at radius 3 is 2.67 bits per heavy atom. The van der Waals surface area contributed by atoms with Gasteiger partial charge >= 0.3 is 0 Å². The summed E-state index contributed by atoms with van der Waals surface area (Å²) in [6.07, 6.45) is 2.05. The van der Waals surface area contributed by atoms with Crippen LogP contribution in [0.1, 0.15) is 37.0 Å². The van der Waals surface area contributed by atoms with Crippen LogP contribution in [0.2, 0.25) is 0 Å². The van der Waals surface area contributed by atoms with Gasteiger partial charge in [0.05, 0.1) is 30.5 Å². The molecule has 4 rings (SSSR count). The van der Waals surface area contributed by atoms with Crippen LogP contribution in [-0.4, -0.2) is 54.0 Å². The molecule has 0 bridgehead atoms. The SMILES string of the molecule is COc1ccc2c(CC(=O)N3CCN(Cc4csc(C(C)(C)C)n4)CC3)coc2c1. The molecule has 1 amide bonds. The quantitative estimate of drug-likeness (QED) is 0.614. The van der Waals surface area contributed by atoms with E-state index in [1.807, 2.05) is 23.1 Å². The number of carbonyl (C=O) groups excluding carboxylic acids is 1. The van der Waals surface area contributed by atoms with Gasteiger partial charge in [0.1, 0.15) is 11.3 Å². The molecule has 1 fully saturated rings. The Hall–Kier alpha value is -2.38. The van der Waals surface area contributed by atoms with E-state index in [1.165, 1.54) is 5.01 Å². The normalized spacial score (nSPS) is 15.7. The van der Waals surface area contributed by atoms with Gasteiger partial charge in [-0.25, -0.2) is 4.98 Å². The molecule has 3 aromatic rings. The van der Waals surface area contributed by atoms with Crippen LogP contribution in [0.3, 0.4) is 0 Å². The number of piperazine rings is 1. The van der Waals surface area contributed by atoms with Gasteiger partial charge in [-0.2, -0.15) is 0 Å². The molecule has 0 radical (unpaired) electrons. The number of methoxy groups -OCH3 is 1. The first-order valence-corrected chi connectivity index (χ1v) is 11.2. The molecule has 30 heavy (non-hydrogen) atoms. The molecule has 0 unspecified atom stereocenters. The molecule has 1 aliphatic rings. The van der Waals surface area contributed by atoms with Gasteiger partial charge in [-0.15, -0.1) is 11.3 Å². The summed E-state index contributed by atoms with van der Waals surface area (Å²) >= 11 is 1.74. The number of aromatic nitrogens is 1. The van der Waals surface area contributed by atoms with E-state index in [1.54, 1.807) is 24.7 Å². The highest BCUT2D eigenvalue weighted by atomic mass is 32.1. The lowest BCUT2D eigenvalue weighted by atomic mass is 9.98. The summed E-state index contributed by atoms with van der Waals surface area (Å²) in [7, 11) is 1.63. The number of hydrogen-bond acceptors (Lipinski definition) is 6. The standard InChI is InChI=1S/C23H29N3O3S/c1-23(2,3)22-24-17(15-30-22)13-25-7-9-26(10-8-25)21(27)11-16-14-29-20-12-18(28-4)5-6-19(16)20/h5-6,12,14-15H,7-11,13H2,1-4H3. The third-order valence-corrected chi connectivity index (χ3v) is 6.83. The van der Waals surface area contributed by atoms with Crippen LogP contribution in [0.4, 0.5) is 0 Å². The maximum absolute atomic E-state index is 12.8. The van der Waals surface area contributed by atoms with Crippen molar-refractivity contribution in [3.8, 4) is 5.75 Å². The van der Waals surface area contributed by atoms with Gasteiger partial charge in [-0.3, -0.25) is 9.69 Å². The predicted octanol–water partition coefficient (Wildman–Crippen LogP) is 4.08. The second-order valence-corrected chi connectivity index (χ2v) is 9.71. The highest BCUT2D eigenvalue weighted by Gasteiger charge is 2.24. The first kappa shape index (κ1) is 20.9. The van der Waals surface area contributed by atoms with Crippen molar-refractivity contribution in [1.29, 1.82) is 0 Å². The molecule has 0 aliphatic carbocycles. The van der Waals surface area contributed by atoms with E-state index >= 15 is 0 Å². The van der Waals surface area contributed by atoms with Crippen LogP contribution in [0.25, 0.3) is 11.0 Å². The monoisotopic (exact) mass is 427 g/mol. The van der Waals surface area contributed by atoms with E-state index in [0.29, 0.717) is 6.42 Å². The molecule has 1 aliphatic heterocycles. The van der Waals surface area contributed by atoms with Crippen molar-refractivity contribution in [2.45, 2.75) is 39.2 Å². The molecule has 1 saturated heterocycles. The van der Waals surface area contributed by atoms with Crippen LogP contribution in [-0.2, 0) is 23.2 Å². The van der Waals surface area contributed by atoms with Crippen molar-refractivity contribution in [2.24, 2.45) is 0 Å². The lowest BCUT2D eigenvalue weighted by Gasteiger charge is -2.34. The van der Waals surface area contributed by atoms with Crippen molar-refractivity contribution in [3.63, 3.8) is 0 Å². The molecular formula is C23H29N3O3S. The third-order valence-electron chi connectivity index (χ3n) is 5.51.